The second-order valence-corrected chi connectivity index (χ2v) is 6.24. The summed E-state index contributed by atoms with van der Waals surface area (Å²) in [6, 6.07) is 0. The summed E-state index contributed by atoms with van der Waals surface area (Å²) >= 11 is 0. The van der Waals surface area contributed by atoms with Crippen LogP contribution in [0.3, 0.4) is 0 Å². The number of rotatable bonds is 4. The molecule has 0 aliphatic carbocycles. The van der Waals surface area contributed by atoms with Gasteiger partial charge in [0.25, 0.3) is 5.91 Å². The highest BCUT2D eigenvalue weighted by Crippen LogP contribution is 2.29. The molecule has 0 saturated carbocycles. The van der Waals surface area contributed by atoms with Gasteiger partial charge in [-0.1, -0.05) is 6.92 Å². The van der Waals surface area contributed by atoms with Gasteiger partial charge in [0, 0.05) is 59.8 Å². The fourth-order valence-corrected chi connectivity index (χ4v) is 2.75. The van der Waals surface area contributed by atoms with Crippen molar-refractivity contribution >= 4 is 17.8 Å². The van der Waals surface area contributed by atoms with Crippen molar-refractivity contribution in [1.29, 1.82) is 0 Å². The van der Waals surface area contributed by atoms with Crippen LogP contribution in [0.4, 0.5) is 5.95 Å². The van der Waals surface area contributed by atoms with E-state index in [0.717, 1.165) is 12.1 Å². The van der Waals surface area contributed by atoms with Gasteiger partial charge in [-0.05, 0) is 6.42 Å². The minimum Gasteiger partial charge on any atom is -0.347 e. The van der Waals surface area contributed by atoms with Crippen molar-refractivity contribution in [3.05, 3.63) is 17.5 Å². The normalized spacial score (nSPS) is 17.3. The number of carbonyl (C=O) groups is 2. The van der Waals surface area contributed by atoms with Crippen molar-refractivity contribution in [2.75, 3.05) is 46.2 Å². The number of aromatic nitrogens is 2. The second-order valence-electron chi connectivity index (χ2n) is 6.24. The van der Waals surface area contributed by atoms with Gasteiger partial charge in [0.2, 0.25) is 11.9 Å². The van der Waals surface area contributed by atoms with Crippen molar-refractivity contribution < 1.29 is 9.59 Å². The third-order valence-electron chi connectivity index (χ3n) is 4.07. The van der Waals surface area contributed by atoms with E-state index >= 15 is 0 Å². The lowest BCUT2D eigenvalue weighted by atomic mass is 9.99. The predicted octanol–water partition coefficient (Wildman–Crippen LogP) is 0.970. The highest BCUT2D eigenvalue weighted by molar-refractivity contribution is 5.95. The van der Waals surface area contributed by atoms with Gasteiger partial charge >= 0.3 is 0 Å². The van der Waals surface area contributed by atoms with Crippen LogP contribution in [0, 0.1) is 0 Å². The van der Waals surface area contributed by atoms with Crippen LogP contribution in [0.5, 0.6) is 0 Å². The van der Waals surface area contributed by atoms with Crippen molar-refractivity contribution in [3.8, 4) is 0 Å². The van der Waals surface area contributed by atoms with Gasteiger partial charge in [0.05, 0.1) is 11.3 Å². The minimum absolute atomic E-state index is 0.0751. The zero-order valence-corrected chi connectivity index (χ0v) is 14.5. The van der Waals surface area contributed by atoms with E-state index in [1.807, 2.05) is 30.8 Å². The molecule has 7 nitrogen and oxygen atoms in total. The summed E-state index contributed by atoms with van der Waals surface area (Å²) in [5.74, 6) is 0.696. The van der Waals surface area contributed by atoms with Crippen LogP contribution in [0.15, 0.2) is 6.20 Å². The Balaban J connectivity index is 2.36. The number of nitrogens with zero attached hydrogens (tertiary/aromatic N) is 5. The molecule has 1 atom stereocenters. The molecule has 2 rings (SSSR count). The van der Waals surface area contributed by atoms with Crippen molar-refractivity contribution in [1.82, 2.24) is 19.8 Å². The molecule has 0 radical (unpaired) electrons. The number of likely N-dealkylation sites (tertiary alicyclic amines) is 1. The maximum absolute atomic E-state index is 12.4. The Morgan fingerprint density at radius 3 is 2.57 bits per heavy atom. The van der Waals surface area contributed by atoms with E-state index in [1.165, 1.54) is 4.90 Å². The van der Waals surface area contributed by atoms with Crippen LogP contribution in [-0.4, -0.2) is 72.9 Å². The number of hydrogen-bond donors (Lipinski definition) is 0. The van der Waals surface area contributed by atoms with E-state index < -0.39 is 0 Å². The highest BCUT2D eigenvalue weighted by Gasteiger charge is 2.31. The first kappa shape index (κ1) is 17.2. The first-order valence-electron chi connectivity index (χ1n) is 7.88. The molecule has 1 unspecified atom stereocenters. The lowest BCUT2D eigenvalue weighted by Gasteiger charge is -2.20. The molecule has 1 fully saturated rings. The zero-order valence-electron chi connectivity index (χ0n) is 14.5. The van der Waals surface area contributed by atoms with Crippen LogP contribution >= 0.6 is 0 Å². The predicted molar refractivity (Wildman–Crippen MR) is 88.6 cm³/mol. The Morgan fingerprint density at radius 1 is 1.30 bits per heavy atom. The summed E-state index contributed by atoms with van der Waals surface area (Å²) in [4.78, 5) is 38.4. The molecule has 0 N–H and O–H groups in total. The van der Waals surface area contributed by atoms with Crippen molar-refractivity contribution in [2.45, 2.75) is 25.7 Å². The number of carbonyl (C=O) groups excluding carboxylic acids is 2. The Morgan fingerprint density at radius 2 is 2.00 bits per heavy atom. The molecule has 1 aliphatic rings. The standard InChI is InChI=1S/C16H25N5O2/c1-6-13(22)21-8-7-11(10-21)14-12(15(23)19(2)3)9-17-16(18-14)20(4)5/h9,11H,6-8,10H2,1-5H3. The molecule has 0 bridgehead atoms. The first-order valence-corrected chi connectivity index (χ1v) is 7.88. The molecule has 1 aromatic rings. The SMILES string of the molecule is CCC(=O)N1CCC(c2nc(N(C)C)ncc2C(=O)N(C)C)C1. The molecule has 2 amide bonds. The van der Waals surface area contributed by atoms with E-state index in [4.69, 9.17) is 0 Å². The molecule has 1 aliphatic heterocycles. The van der Waals surface area contributed by atoms with Gasteiger partial charge in [0.1, 0.15) is 0 Å². The first-order chi connectivity index (χ1) is 10.8. The maximum Gasteiger partial charge on any atom is 0.256 e. The van der Waals surface area contributed by atoms with Crippen molar-refractivity contribution in [2.24, 2.45) is 0 Å². The van der Waals surface area contributed by atoms with Crippen molar-refractivity contribution in [3.63, 3.8) is 0 Å². The van der Waals surface area contributed by atoms with E-state index in [-0.39, 0.29) is 17.7 Å². The molecule has 23 heavy (non-hydrogen) atoms. The van der Waals surface area contributed by atoms with Crippen LogP contribution in [0.2, 0.25) is 0 Å². The van der Waals surface area contributed by atoms with Crippen LogP contribution < -0.4 is 4.90 Å². The van der Waals surface area contributed by atoms with Gasteiger partial charge < -0.3 is 14.7 Å². The second kappa shape index (κ2) is 6.93. The summed E-state index contributed by atoms with van der Waals surface area (Å²) in [6.45, 7) is 3.20. The molecule has 7 heteroatoms. The fourth-order valence-electron chi connectivity index (χ4n) is 2.75. The molecule has 0 aromatic carbocycles. The lowest BCUT2D eigenvalue weighted by Crippen LogP contribution is -2.29. The Kier molecular flexibility index (Phi) is 5.18. The van der Waals surface area contributed by atoms with Crippen LogP contribution in [-0.2, 0) is 4.79 Å². The average molecular weight is 319 g/mol. The van der Waals surface area contributed by atoms with Gasteiger partial charge in [-0.15, -0.1) is 0 Å². The lowest BCUT2D eigenvalue weighted by molar-refractivity contribution is -0.129. The summed E-state index contributed by atoms with van der Waals surface area (Å²) in [5, 5.41) is 0. The van der Waals surface area contributed by atoms with Gasteiger partial charge in [-0.3, -0.25) is 9.59 Å². The number of hydrogen-bond acceptors (Lipinski definition) is 5. The number of amides is 2. The smallest absolute Gasteiger partial charge is 0.256 e. The van der Waals surface area contributed by atoms with Gasteiger partial charge in [-0.2, -0.15) is 0 Å². The largest absolute Gasteiger partial charge is 0.347 e. The van der Waals surface area contributed by atoms with E-state index in [0.29, 0.717) is 31.0 Å². The van der Waals surface area contributed by atoms with Gasteiger partial charge in [0.15, 0.2) is 0 Å². The van der Waals surface area contributed by atoms with Crippen LogP contribution in [0.25, 0.3) is 0 Å². The summed E-state index contributed by atoms with van der Waals surface area (Å²) in [5.41, 5.74) is 1.27. The van der Waals surface area contributed by atoms with Crippen LogP contribution in [0.1, 0.15) is 41.7 Å². The average Bonchev–Trinajstić information content (AvgIpc) is 3.02. The molecule has 1 aromatic heterocycles. The zero-order chi connectivity index (χ0) is 17.1. The highest BCUT2D eigenvalue weighted by atomic mass is 16.2. The Hall–Kier alpha value is -2.18. The summed E-state index contributed by atoms with van der Waals surface area (Å²) in [6.07, 6.45) is 2.93. The number of anilines is 1. The summed E-state index contributed by atoms with van der Waals surface area (Å²) < 4.78 is 0. The quantitative estimate of drug-likeness (QED) is 0.827. The Labute approximate surface area is 137 Å². The third kappa shape index (κ3) is 3.60. The topological polar surface area (TPSA) is 69.6 Å². The molecular formula is C16H25N5O2. The molecule has 126 valence electrons. The summed E-state index contributed by atoms with van der Waals surface area (Å²) in [7, 11) is 7.17. The maximum atomic E-state index is 12.4. The van der Waals surface area contributed by atoms with E-state index in [2.05, 4.69) is 9.97 Å². The molecule has 1 saturated heterocycles. The Bertz CT molecular complexity index is 600. The third-order valence-corrected chi connectivity index (χ3v) is 4.07. The van der Waals surface area contributed by atoms with Gasteiger partial charge in [-0.25, -0.2) is 9.97 Å². The van der Waals surface area contributed by atoms with E-state index in [1.54, 1.807) is 20.3 Å². The van der Waals surface area contributed by atoms with E-state index in [9.17, 15) is 9.59 Å². The monoisotopic (exact) mass is 319 g/mol. The molecule has 2 heterocycles. The minimum atomic E-state index is -0.106. The fraction of sp³-hybridized carbons (Fsp3) is 0.625. The molecular weight excluding hydrogens is 294 g/mol. The molecule has 0 spiro atoms.